The van der Waals surface area contributed by atoms with Gasteiger partial charge >= 0.3 is 0 Å². The van der Waals surface area contributed by atoms with Gasteiger partial charge in [0.05, 0.1) is 7.11 Å². The molecule has 0 amide bonds. The molecular weight excluding hydrogens is 481 g/mol. The van der Waals surface area contributed by atoms with Crippen molar-refractivity contribution in [3.63, 3.8) is 0 Å². The summed E-state index contributed by atoms with van der Waals surface area (Å²) < 4.78 is 19.4. The Morgan fingerprint density at radius 2 is 1.76 bits per heavy atom. The summed E-state index contributed by atoms with van der Waals surface area (Å²) in [6.07, 6.45) is 10.5. The Morgan fingerprint density at radius 3 is 2.47 bits per heavy atom. The molecule has 1 aliphatic heterocycles. The number of nitrogens with zero attached hydrogens (tertiary/aromatic N) is 4. The van der Waals surface area contributed by atoms with Crippen LogP contribution in [0.25, 0.3) is 22.2 Å². The van der Waals surface area contributed by atoms with Gasteiger partial charge in [0.1, 0.15) is 23.5 Å². The molecular formula is C30H28FN5O2. The quantitative estimate of drug-likeness (QED) is 0.298. The van der Waals surface area contributed by atoms with Crippen molar-refractivity contribution in [3.05, 3.63) is 108 Å². The Hall–Kier alpha value is -4.43. The highest BCUT2D eigenvalue weighted by atomic mass is 19.1. The molecule has 1 aliphatic rings. The molecule has 8 heteroatoms. The van der Waals surface area contributed by atoms with Crippen molar-refractivity contribution in [1.82, 2.24) is 24.8 Å². The van der Waals surface area contributed by atoms with Crippen LogP contribution in [0.4, 0.5) is 4.39 Å². The second kappa shape index (κ2) is 11.7. The molecule has 0 aliphatic carbocycles. The summed E-state index contributed by atoms with van der Waals surface area (Å²) in [4.78, 5) is 28.3. The standard InChI is InChI=1S/C24H23FN4O.C6H5NO/c1-30-23-3-2-18(25)12-20(23)19-6-10-27-24-21(19)13-22(28-24)17-7-11-29(15-17)14-16-4-8-26-9-5-16;8-5-6-1-3-7-4-2-6/h2-6,8-10,12-13,17H,7,11,14-15H2,1H3,(H,27,28);1-5H. The number of nitrogens with one attached hydrogen (secondary N) is 1. The second-order valence-corrected chi connectivity index (χ2v) is 9.16. The predicted octanol–water partition coefficient (Wildman–Crippen LogP) is 5.66. The minimum Gasteiger partial charge on any atom is -0.496 e. The molecule has 38 heavy (non-hydrogen) atoms. The number of ether oxygens (including phenoxy) is 1. The Morgan fingerprint density at radius 1 is 1.00 bits per heavy atom. The maximum Gasteiger partial charge on any atom is 0.150 e. The number of rotatable bonds is 6. The number of hydrogen-bond donors (Lipinski definition) is 1. The van der Waals surface area contributed by atoms with Crippen LogP contribution in [0, 0.1) is 5.82 Å². The maximum absolute atomic E-state index is 14.0. The number of benzene rings is 1. The second-order valence-electron chi connectivity index (χ2n) is 9.16. The number of aromatic amines is 1. The zero-order valence-electron chi connectivity index (χ0n) is 21.0. The van der Waals surface area contributed by atoms with Gasteiger partial charge in [0, 0.05) is 72.2 Å². The third-order valence-corrected chi connectivity index (χ3v) is 6.71. The number of aldehydes is 1. The van der Waals surface area contributed by atoms with Gasteiger partial charge in [-0.2, -0.15) is 0 Å². The summed E-state index contributed by atoms with van der Waals surface area (Å²) in [5.74, 6) is 0.786. The Bertz CT molecular complexity index is 1510. The van der Waals surface area contributed by atoms with E-state index in [4.69, 9.17) is 4.74 Å². The lowest BCUT2D eigenvalue weighted by atomic mass is 10.0. The highest BCUT2D eigenvalue weighted by molar-refractivity contribution is 5.95. The Balaban J connectivity index is 0.000000316. The zero-order chi connectivity index (χ0) is 26.3. The van der Waals surface area contributed by atoms with Crippen LogP contribution < -0.4 is 4.74 Å². The predicted molar refractivity (Wildman–Crippen MR) is 145 cm³/mol. The van der Waals surface area contributed by atoms with Crippen molar-refractivity contribution >= 4 is 17.3 Å². The van der Waals surface area contributed by atoms with Crippen molar-refractivity contribution < 1.29 is 13.9 Å². The molecule has 0 spiro atoms. The van der Waals surface area contributed by atoms with E-state index in [1.54, 1.807) is 43.9 Å². The summed E-state index contributed by atoms with van der Waals surface area (Å²) in [6.45, 7) is 2.98. The fourth-order valence-corrected chi connectivity index (χ4v) is 4.81. The van der Waals surface area contributed by atoms with E-state index in [9.17, 15) is 9.18 Å². The van der Waals surface area contributed by atoms with Gasteiger partial charge in [-0.15, -0.1) is 0 Å². The minimum absolute atomic E-state index is 0.283. The van der Waals surface area contributed by atoms with Gasteiger partial charge in [-0.25, -0.2) is 9.37 Å². The van der Waals surface area contributed by atoms with Crippen LogP contribution in [0.5, 0.6) is 5.75 Å². The average molecular weight is 510 g/mol. The number of aromatic nitrogens is 4. The molecule has 1 unspecified atom stereocenters. The first-order valence-corrected chi connectivity index (χ1v) is 12.4. The number of H-pyrrole nitrogens is 1. The smallest absolute Gasteiger partial charge is 0.150 e. The Labute approximate surface area is 220 Å². The largest absolute Gasteiger partial charge is 0.496 e. The van der Waals surface area contributed by atoms with E-state index in [2.05, 4.69) is 43.0 Å². The van der Waals surface area contributed by atoms with E-state index >= 15 is 0 Å². The molecule has 192 valence electrons. The molecule has 6 rings (SSSR count). The number of likely N-dealkylation sites (tertiary alicyclic amines) is 1. The van der Waals surface area contributed by atoms with Crippen molar-refractivity contribution in [2.24, 2.45) is 0 Å². The van der Waals surface area contributed by atoms with Crippen molar-refractivity contribution in [3.8, 4) is 16.9 Å². The SMILES string of the molecule is COc1ccc(F)cc1-c1ccnc2[nH]c(C3CCN(Cc4ccncc4)C3)cc12.O=Cc1ccncc1. The summed E-state index contributed by atoms with van der Waals surface area (Å²) in [6, 6.07) is 16.1. The van der Waals surface area contributed by atoms with Crippen LogP contribution in [0.2, 0.25) is 0 Å². The van der Waals surface area contributed by atoms with Gasteiger partial charge in [0.25, 0.3) is 0 Å². The van der Waals surface area contributed by atoms with Gasteiger partial charge in [-0.1, -0.05) is 0 Å². The topological polar surface area (TPSA) is 84.0 Å². The first-order valence-electron chi connectivity index (χ1n) is 12.4. The summed E-state index contributed by atoms with van der Waals surface area (Å²) >= 11 is 0. The fourth-order valence-electron chi connectivity index (χ4n) is 4.81. The summed E-state index contributed by atoms with van der Waals surface area (Å²) in [7, 11) is 1.60. The lowest BCUT2D eigenvalue weighted by molar-refractivity contribution is 0.112. The number of fused-ring (bicyclic) bond motifs is 1. The molecule has 7 nitrogen and oxygen atoms in total. The van der Waals surface area contributed by atoms with Gasteiger partial charge in [0.15, 0.2) is 0 Å². The minimum atomic E-state index is -0.283. The number of hydrogen-bond acceptors (Lipinski definition) is 6. The molecule has 0 bridgehead atoms. The fraction of sp³-hybridized carbons (Fsp3) is 0.200. The van der Waals surface area contributed by atoms with Crippen molar-refractivity contribution in [2.45, 2.75) is 18.9 Å². The van der Waals surface area contributed by atoms with E-state index in [1.165, 1.54) is 23.4 Å². The number of carbonyl (C=O) groups excluding carboxylic acids is 1. The van der Waals surface area contributed by atoms with Crippen LogP contribution in [0.3, 0.4) is 0 Å². The molecule has 1 aromatic carbocycles. The van der Waals surface area contributed by atoms with Crippen LogP contribution in [-0.4, -0.2) is 51.3 Å². The lowest BCUT2D eigenvalue weighted by Crippen LogP contribution is -2.19. The molecule has 4 aromatic heterocycles. The number of halogens is 1. The van der Waals surface area contributed by atoms with Gasteiger partial charge in [0.2, 0.25) is 0 Å². The first kappa shape index (κ1) is 25.2. The maximum atomic E-state index is 14.0. The van der Waals surface area contributed by atoms with E-state index in [0.29, 0.717) is 17.2 Å². The molecule has 1 saturated heterocycles. The number of methoxy groups -OCH3 is 1. The van der Waals surface area contributed by atoms with Gasteiger partial charge < -0.3 is 9.72 Å². The van der Waals surface area contributed by atoms with Crippen LogP contribution in [0.1, 0.15) is 34.0 Å². The molecule has 5 aromatic rings. The molecule has 1 N–H and O–H groups in total. The monoisotopic (exact) mass is 509 g/mol. The van der Waals surface area contributed by atoms with E-state index in [-0.39, 0.29) is 5.82 Å². The van der Waals surface area contributed by atoms with E-state index < -0.39 is 0 Å². The molecule has 1 atom stereocenters. The molecule has 0 radical (unpaired) electrons. The normalized spacial score (nSPS) is 15.2. The van der Waals surface area contributed by atoms with Crippen LogP contribution in [-0.2, 0) is 6.54 Å². The zero-order valence-corrected chi connectivity index (χ0v) is 21.0. The summed E-state index contributed by atoms with van der Waals surface area (Å²) in [5, 5.41) is 0.990. The first-order chi connectivity index (χ1) is 18.6. The van der Waals surface area contributed by atoms with E-state index in [1.807, 2.05) is 18.5 Å². The van der Waals surface area contributed by atoms with Crippen LogP contribution in [0.15, 0.2) is 85.6 Å². The van der Waals surface area contributed by atoms with E-state index in [0.717, 1.165) is 54.5 Å². The summed E-state index contributed by atoms with van der Waals surface area (Å²) in [5.41, 5.74) is 5.61. The molecule has 1 fully saturated rings. The van der Waals surface area contributed by atoms with Crippen molar-refractivity contribution in [1.29, 1.82) is 0 Å². The third kappa shape index (κ3) is 5.76. The molecule has 0 saturated carbocycles. The van der Waals surface area contributed by atoms with Crippen LogP contribution >= 0.6 is 0 Å². The lowest BCUT2D eigenvalue weighted by Gasteiger charge is -2.15. The highest BCUT2D eigenvalue weighted by Crippen LogP contribution is 2.37. The van der Waals surface area contributed by atoms with Gasteiger partial charge in [-0.05, 0) is 78.7 Å². The highest BCUT2D eigenvalue weighted by Gasteiger charge is 2.26. The average Bonchev–Trinajstić information content (AvgIpc) is 3.61. The Kier molecular flexibility index (Phi) is 7.80. The number of carbonyl (C=O) groups is 1. The number of pyridine rings is 3. The van der Waals surface area contributed by atoms with Crippen molar-refractivity contribution in [2.75, 3.05) is 20.2 Å². The van der Waals surface area contributed by atoms with Gasteiger partial charge in [-0.3, -0.25) is 19.7 Å². The third-order valence-electron chi connectivity index (χ3n) is 6.71. The molecule has 5 heterocycles.